The first-order valence-electron chi connectivity index (χ1n) is 13.1. The van der Waals surface area contributed by atoms with Crippen molar-refractivity contribution in [3.63, 3.8) is 0 Å². The first-order valence-corrected chi connectivity index (χ1v) is 13.1. The average molecular weight is 505 g/mol. The third-order valence-electron chi connectivity index (χ3n) is 7.25. The van der Waals surface area contributed by atoms with Crippen molar-refractivity contribution in [2.75, 3.05) is 39.5 Å². The van der Waals surface area contributed by atoms with Crippen molar-refractivity contribution in [2.45, 2.75) is 46.1 Å². The summed E-state index contributed by atoms with van der Waals surface area (Å²) in [5.74, 6) is 1.39. The van der Waals surface area contributed by atoms with Crippen molar-refractivity contribution in [1.29, 1.82) is 0 Å². The van der Waals surface area contributed by atoms with E-state index in [1.807, 2.05) is 13.0 Å². The zero-order valence-corrected chi connectivity index (χ0v) is 22.8. The van der Waals surface area contributed by atoms with Gasteiger partial charge in [0.05, 0.1) is 11.2 Å². The lowest BCUT2D eigenvalue weighted by atomic mass is 10.00. The Kier molecular flexibility index (Phi) is 6.90. The molecule has 37 heavy (non-hydrogen) atoms. The van der Waals surface area contributed by atoms with E-state index >= 15 is 4.39 Å². The summed E-state index contributed by atoms with van der Waals surface area (Å²) in [6.45, 7) is 8.16. The van der Waals surface area contributed by atoms with Gasteiger partial charge in [0, 0.05) is 52.4 Å². The number of imidazole rings is 1. The molecule has 0 radical (unpaired) electrons. The Bertz CT molecular complexity index is 1440. The van der Waals surface area contributed by atoms with E-state index in [2.05, 4.69) is 90.0 Å². The molecule has 2 aliphatic carbocycles. The number of fused-ring (bicyclic) bond motifs is 2. The number of halogens is 1. The number of benzene rings is 1. The van der Waals surface area contributed by atoms with Crippen LogP contribution in [0.15, 0.2) is 53.9 Å². The summed E-state index contributed by atoms with van der Waals surface area (Å²) in [5, 5.41) is 3.51. The van der Waals surface area contributed by atoms with Crippen LogP contribution in [0, 0.1) is 12.7 Å². The van der Waals surface area contributed by atoms with Crippen LogP contribution in [-0.2, 0) is 6.42 Å². The molecule has 198 valence electrons. The van der Waals surface area contributed by atoms with Crippen LogP contribution in [0.2, 0.25) is 0 Å². The van der Waals surface area contributed by atoms with Crippen LogP contribution in [-0.4, -0.2) is 58.6 Å². The summed E-state index contributed by atoms with van der Waals surface area (Å²) in [6, 6.07) is 8.01. The molecule has 2 aliphatic rings. The van der Waals surface area contributed by atoms with Gasteiger partial charge in [-0.25, -0.2) is 14.4 Å². The van der Waals surface area contributed by atoms with Crippen molar-refractivity contribution in [3.05, 3.63) is 82.4 Å². The molecule has 0 saturated carbocycles. The summed E-state index contributed by atoms with van der Waals surface area (Å²) in [5.41, 5.74) is 7.68. The van der Waals surface area contributed by atoms with Gasteiger partial charge in [-0.2, -0.15) is 0 Å². The molecule has 6 nitrogen and oxygen atoms in total. The van der Waals surface area contributed by atoms with Gasteiger partial charge in [0.15, 0.2) is 5.82 Å². The van der Waals surface area contributed by atoms with Gasteiger partial charge in [-0.05, 0) is 89.2 Å². The van der Waals surface area contributed by atoms with Gasteiger partial charge < -0.3 is 19.7 Å². The van der Waals surface area contributed by atoms with Crippen LogP contribution in [0.4, 0.5) is 10.2 Å². The molecule has 0 aliphatic heterocycles. The molecule has 5 rings (SSSR count). The third kappa shape index (κ3) is 5.05. The van der Waals surface area contributed by atoms with Crippen LogP contribution in [0.25, 0.3) is 16.6 Å². The van der Waals surface area contributed by atoms with Gasteiger partial charge in [0.2, 0.25) is 0 Å². The summed E-state index contributed by atoms with van der Waals surface area (Å²) < 4.78 is 17.2. The molecule has 0 amide bonds. The van der Waals surface area contributed by atoms with Crippen LogP contribution in [0.3, 0.4) is 0 Å². The molecule has 2 aromatic heterocycles. The Balaban J connectivity index is 0.00000210. The zero-order chi connectivity index (χ0) is 26.3. The van der Waals surface area contributed by atoms with E-state index < -0.39 is 0 Å². The van der Waals surface area contributed by atoms with Crippen molar-refractivity contribution in [3.8, 4) is 0 Å². The number of pyridine rings is 1. The fourth-order valence-corrected chi connectivity index (χ4v) is 5.35. The van der Waals surface area contributed by atoms with E-state index in [-0.39, 0.29) is 14.7 Å². The molecule has 2 heterocycles. The maximum Gasteiger partial charge on any atom is 0.151 e. The maximum atomic E-state index is 15.1. The smallest absolute Gasteiger partial charge is 0.151 e. The number of hydrogen-bond acceptors (Lipinski definition) is 5. The summed E-state index contributed by atoms with van der Waals surface area (Å²) >= 11 is 0. The molecule has 0 saturated heterocycles. The molecule has 1 N–H and O–H groups in total. The van der Waals surface area contributed by atoms with Crippen molar-refractivity contribution >= 4 is 22.4 Å². The lowest BCUT2D eigenvalue weighted by molar-refractivity contribution is 0.319. The van der Waals surface area contributed by atoms with E-state index in [1.165, 1.54) is 5.70 Å². The van der Waals surface area contributed by atoms with Gasteiger partial charge in [-0.15, -0.1) is 0 Å². The molecule has 1 aromatic carbocycles. The standard InChI is InChI=1S/C30H37FN6.2H2/c1-19(2)37-20(3)32-30-26(31)16-21(17-28(30)37)24-10-12-27-25(24)11-13-29(34-27)33-22-8-7-9-23(18-22)36(6)15-14-35(4)5;;/h8,10-11,13,16-19H,7,9,12,14-15H2,1-6H3,(H,33,34);2*1H. The minimum Gasteiger partial charge on any atom is -0.377 e. The van der Waals surface area contributed by atoms with Crippen molar-refractivity contribution in [2.24, 2.45) is 0 Å². The SMILES string of the molecule is Cc1nc2c(F)cc(C3=CCc4nc(NC5=CCCC(N(C)CCN(C)C)=C5)ccc43)cc2n1C(C)C.[HH].[HH]. The Morgan fingerprint density at radius 1 is 1.11 bits per heavy atom. The highest BCUT2D eigenvalue weighted by Gasteiger charge is 2.22. The number of anilines is 1. The number of hydrogen-bond donors (Lipinski definition) is 1. The van der Waals surface area contributed by atoms with Crippen molar-refractivity contribution < 1.29 is 7.24 Å². The van der Waals surface area contributed by atoms with Crippen LogP contribution >= 0.6 is 0 Å². The number of nitrogens with zero attached hydrogens (tertiary/aromatic N) is 5. The normalized spacial score (nSPS) is 15.2. The molecule has 0 unspecified atom stereocenters. The average Bonchev–Trinajstić information content (AvgIpc) is 3.43. The molecule has 0 atom stereocenters. The number of likely N-dealkylation sites (N-methyl/N-ethyl adjacent to an activating group) is 2. The van der Waals surface area contributed by atoms with E-state index in [0.717, 1.165) is 77.6 Å². The number of aryl methyl sites for hydroxylation is 1. The molecule has 3 aromatic rings. The predicted octanol–water partition coefficient (Wildman–Crippen LogP) is 6.41. The second-order valence-electron chi connectivity index (χ2n) is 10.6. The highest BCUT2D eigenvalue weighted by Crippen LogP contribution is 2.36. The Morgan fingerprint density at radius 2 is 1.92 bits per heavy atom. The number of allylic oxidation sites excluding steroid dienone is 4. The minimum absolute atomic E-state index is 0. The maximum absolute atomic E-state index is 15.1. The molecular weight excluding hydrogens is 463 g/mol. The summed E-state index contributed by atoms with van der Waals surface area (Å²) in [4.78, 5) is 13.9. The van der Waals surface area contributed by atoms with Gasteiger partial charge in [-0.3, -0.25) is 0 Å². The lowest BCUT2D eigenvalue weighted by Crippen LogP contribution is -2.29. The summed E-state index contributed by atoms with van der Waals surface area (Å²) in [6.07, 6.45) is 9.42. The Labute approximate surface area is 222 Å². The van der Waals surface area contributed by atoms with Crippen LogP contribution in [0.5, 0.6) is 0 Å². The van der Waals surface area contributed by atoms with Crippen LogP contribution in [0.1, 0.15) is 58.2 Å². The molecule has 0 fully saturated rings. The first-order chi connectivity index (χ1) is 17.7. The molecule has 7 heteroatoms. The zero-order valence-electron chi connectivity index (χ0n) is 22.8. The lowest BCUT2D eigenvalue weighted by Gasteiger charge is -2.26. The fourth-order valence-electron chi connectivity index (χ4n) is 5.35. The van der Waals surface area contributed by atoms with Crippen molar-refractivity contribution in [1.82, 2.24) is 24.3 Å². The highest BCUT2D eigenvalue weighted by atomic mass is 19.1. The second kappa shape index (κ2) is 10.1. The predicted molar refractivity (Wildman–Crippen MR) is 154 cm³/mol. The summed E-state index contributed by atoms with van der Waals surface area (Å²) in [7, 11) is 6.37. The molecular formula is C30H41FN6. The van der Waals surface area contributed by atoms with E-state index in [9.17, 15) is 0 Å². The highest BCUT2D eigenvalue weighted by molar-refractivity contribution is 5.89. The van der Waals surface area contributed by atoms with Gasteiger partial charge in [0.25, 0.3) is 0 Å². The topological polar surface area (TPSA) is 49.2 Å². The van der Waals surface area contributed by atoms with Gasteiger partial charge >= 0.3 is 0 Å². The number of nitrogens with one attached hydrogen (secondary N) is 1. The Hall–Kier alpha value is -3.45. The monoisotopic (exact) mass is 504 g/mol. The van der Waals surface area contributed by atoms with E-state index in [4.69, 9.17) is 4.98 Å². The second-order valence-corrected chi connectivity index (χ2v) is 10.6. The van der Waals surface area contributed by atoms with Gasteiger partial charge in [-0.1, -0.05) is 12.2 Å². The first kappa shape index (κ1) is 25.2. The van der Waals surface area contributed by atoms with E-state index in [1.54, 1.807) is 6.07 Å². The number of aromatic nitrogens is 3. The third-order valence-corrected chi connectivity index (χ3v) is 7.25. The quantitative estimate of drug-likeness (QED) is 0.384. The van der Waals surface area contributed by atoms with Gasteiger partial charge in [0.1, 0.15) is 17.2 Å². The number of rotatable bonds is 8. The fraction of sp³-hybridized carbons (Fsp3) is 0.400. The van der Waals surface area contributed by atoms with Crippen LogP contribution < -0.4 is 5.32 Å². The molecule has 0 spiro atoms. The minimum atomic E-state index is -0.280. The molecule has 0 bridgehead atoms. The van der Waals surface area contributed by atoms with E-state index in [0.29, 0.717) is 5.52 Å². The Morgan fingerprint density at radius 3 is 2.68 bits per heavy atom. The largest absolute Gasteiger partial charge is 0.377 e.